The molecule has 0 radical (unpaired) electrons. The first-order valence-electron chi connectivity index (χ1n) is 7.73. The predicted octanol–water partition coefficient (Wildman–Crippen LogP) is 2.11. The maximum absolute atomic E-state index is 12.1. The lowest BCUT2D eigenvalue weighted by Gasteiger charge is -2.17. The second-order valence-electron chi connectivity index (χ2n) is 5.68. The molecular formula is C17H19N3O2S. The summed E-state index contributed by atoms with van der Waals surface area (Å²) in [6.45, 7) is 1.32. The van der Waals surface area contributed by atoms with Crippen molar-refractivity contribution in [3.05, 3.63) is 52.5 Å². The molecule has 1 aromatic carbocycles. The second-order valence-corrected chi connectivity index (χ2v) is 6.40. The first-order valence-corrected chi connectivity index (χ1v) is 8.67. The highest BCUT2D eigenvalue weighted by Crippen LogP contribution is 2.13. The Kier molecular flexibility index (Phi) is 5.02. The Labute approximate surface area is 139 Å². The van der Waals surface area contributed by atoms with Gasteiger partial charge < -0.3 is 10.2 Å². The van der Waals surface area contributed by atoms with Crippen LogP contribution in [0.5, 0.6) is 0 Å². The number of benzene rings is 1. The minimum absolute atomic E-state index is 0.113. The average Bonchev–Trinajstić information content (AvgIpc) is 3.19. The Bertz CT molecular complexity index is 658. The molecule has 120 valence electrons. The van der Waals surface area contributed by atoms with Gasteiger partial charge in [0.25, 0.3) is 5.91 Å². The molecule has 5 nitrogen and oxygen atoms in total. The summed E-state index contributed by atoms with van der Waals surface area (Å²) in [5.74, 6) is -0.0863. The number of carbonyl (C=O) groups excluding carboxylic acids is 2. The highest BCUT2D eigenvalue weighted by atomic mass is 32.1. The van der Waals surface area contributed by atoms with Gasteiger partial charge in [0.2, 0.25) is 5.91 Å². The van der Waals surface area contributed by atoms with Gasteiger partial charge in [-0.2, -0.15) is 0 Å². The average molecular weight is 329 g/mol. The van der Waals surface area contributed by atoms with Gasteiger partial charge in [-0.1, -0.05) is 30.3 Å². The van der Waals surface area contributed by atoms with Crippen LogP contribution in [-0.4, -0.2) is 40.8 Å². The van der Waals surface area contributed by atoms with E-state index in [1.165, 1.54) is 16.9 Å². The molecule has 1 N–H and O–H groups in total. The third-order valence-corrected chi connectivity index (χ3v) is 4.54. The van der Waals surface area contributed by atoms with Crippen molar-refractivity contribution in [1.82, 2.24) is 15.2 Å². The SMILES string of the molecule is O=C(N[C@H]1CC(=O)N(CCCc2ccccc2)C1)c1cscn1. The smallest absolute Gasteiger partial charge is 0.271 e. The zero-order valence-corrected chi connectivity index (χ0v) is 13.6. The summed E-state index contributed by atoms with van der Waals surface area (Å²) >= 11 is 1.39. The van der Waals surface area contributed by atoms with E-state index < -0.39 is 0 Å². The Morgan fingerprint density at radius 2 is 2.17 bits per heavy atom. The summed E-state index contributed by atoms with van der Waals surface area (Å²) in [5, 5.41) is 4.60. The number of amides is 2. The maximum Gasteiger partial charge on any atom is 0.271 e. The Morgan fingerprint density at radius 3 is 2.91 bits per heavy atom. The minimum atomic E-state index is -0.199. The molecule has 23 heavy (non-hydrogen) atoms. The third kappa shape index (κ3) is 4.16. The quantitative estimate of drug-likeness (QED) is 0.883. The number of aryl methyl sites for hydroxylation is 1. The Balaban J connectivity index is 1.45. The van der Waals surface area contributed by atoms with Crippen molar-refractivity contribution in [3.63, 3.8) is 0 Å². The number of hydrogen-bond acceptors (Lipinski definition) is 4. The normalized spacial score (nSPS) is 17.5. The molecule has 3 rings (SSSR count). The summed E-state index contributed by atoms with van der Waals surface area (Å²) in [7, 11) is 0. The standard InChI is InChI=1S/C17H19N3O2S/c21-16-9-14(19-17(22)15-11-23-12-18-15)10-20(16)8-4-7-13-5-2-1-3-6-13/h1-3,5-6,11-12,14H,4,7-10H2,(H,19,22)/t14-/m0/s1. The van der Waals surface area contributed by atoms with Crippen molar-refractivity contribution in [2.45, 2.75) is 25.3 Å². The van der Waals surface area contributed by atoms with Gasteiger partial charge in [-0.3, -0.25) is 9.59 Å². The summed E-state index contributed by atoms with van der Waals surface area (Å²) in [4.78, 5) is 29.9. The number of nitrogens with zero attached hydrogens (tertiary/aromatic N) is 2. The van der Waals surface area contributed by atoms with Crippen LogP contribution >= 0.6 is 11.3 Å². The van der Waals surface area contributed by atoms with E-state index in [1.807, 2.05) is 23.1 Å². The van der Waals surface area contributed by atoms with E-state index in [4.69, 9.17) is 0 Å². The first kappa shape index (κ1) is 15.7. The first-order chi connectivity index (χ1) is 11.2. The molecule has 0 unspecified atom stereocenters. The van der Waals surface area contributed by atoms with Gasteiger partial charge in [0.05, 0.1) is 11.6 Å². The molecule has 2 heterocycles. The van der Waals surface area contributed by atoms with Crippen molar-refractivity contribution < 1.29 is 9.59 Å². The van der Waals surface area contributed by atoms with Crippen molar-refractivity contribution in [1.29, 1.82) is 0 Å². The van der Waals surface area contributed by atoms with E-state index in [2.05, 4.69) is 22.4 Å². The summed E-state index contributed by atoms with van der Waals surface area (Å²) in [6, 6.07) is 10.1. The maximum atomic E-state index is 12.1. The van der Waals surface area contributed by atoms with E-state index in [1.54, 1.807) is 10.9 Å². The number of hydrogen-bond donors (Lipinski definition) is 1. The van der Waals surface area contributed by atoms with Crippen LogP contribution in [0.4, 0.5) is 0 Å². The molecule has 2 aromatic rings. The van der Waals surface area contributed by atoms with Crippen LogP contribution in [0, 0.1) is 0 Å². The van der Waals surface area contributed by atoms with Gasteiger partial charge in [-0.15, -0.1) is 11.3 Å². The van der Waals surface area contributed by atoms with Crippen LogP contribution in [0.2, 0.25) is 0 Å². The monoisotopic (exact) mass is 329 g/mol. The van der Waals surface area contributed by atoms with Crippen molar-refractivity contribution in [2.75, 3.05) is 13.1 Å². The van der Waals surface area contributed by atoms with E-state index in [-0.39, 0.29) is 17.9 Å². The van der Waals surface area contributed by atoms with E-state index in [9.17, 15) is 9.59 Å². The van der Waals surface area contributed by atoms with E-state index >= 15 is 0 Å². The summed E-state index contributed by atoms with van der Waals surface area (Å²) in [6.07, 6.45) is 2.27. The Morgan fingerprint density at radius 1 is 1.35 bits per heavy atom. The van der Waals surface area contributed by atoms with E-state index in [0.29, 0.717) is 18.7 Å². The van der Waals surface area contributed by atoms with Gasteiger partial charge in [0, 0.05) is 24.9 Å². The fourth-order valence-electron chi connectivity index (χ4n) is 2.79. The molecule has 0 spiro atoms. The highest BCUT2D eigenvalue weighted by Gasteiger charge is 2.30. The van der Waals surface area contributed by atoms with Crippen LogP contribution in [-0.2, 0) is 11.2 Å². The number of aromatic nitrogens is 1. The lowest BCUT2D eigenvalue weighted by atomic mass is 10.1. The van der Waals surface area contributed by atoms with Crippen LogP contribution in [0.25, 0.3) is 0 Å². The van der Waals surface area contributed by atoms with Gasteiger partial charge in [0.1, 0.15) is 5.69 Å². The fraction of sp³-hybridized carbons (Fsp3) is 0.353. The number of likely N-dealkylation sites (tertiary alicyclic amines) is 1. The van der Waals surface area contributed by atoms with Crippen LogP contribution in [0.1, 0.15) is 28.9 Å². The molecule has 1 aliphatic heterocycles. The molecule has 1 saturated heterocycles. The number of rotatable bonds is 6. The molecule has 0 aliphatic carbocycles. The number of thiazole rings is 1. The van der Waals surface area contributed by atoms with Crippen LogP contribution in [0.3, 0.4) is 0 Å². The zero-order chi connectivity index (χ0) is 16.1. The molecule has 2 amide bonds. The van der Waals surface area contributed by atoms with Gasteiger partial charge in [0.15, 0.2) is 0 Å². The molecule has 1 aliphatic rings. The molecule has 1 fully saturated rings. The molecular weight excluding hydrogens is 310 g/mol. The zero-order valence-electron chi connectivity index (χ0n) is 12.8. The number of carbonyl (C=O) groups is 2. The second kappa shape index (κ2) is 7.37. The largest absolute Gasteiger partial charge is 0.346 e. The van der Waals surface area contributed by atoms with Gasteiger partial charge in [-0.05, 0) is 18.4 Å². The molecule has 1 atom stereocenters. The molecule has 1 aromatic heterocycles. The van der Waals surface area contributed by atoms with Crippen molar-refractivity contribution >= 4 is 23.2 Å². The molecule has 6 heteroatoms. The predicted molar refractivity (Wildman–Crippen MR) is 89.3 cm³/mol. The number of nitrogens with one attached hydrogen (secondary N) is 1. The fourth-order valence-corrected chi connectivity index (χ4v) is 3.32. The third-order valence-electron chi connectivity index (χ3n) is 3.95. The molecule has 0 bridgehead atoms. The van der Waals surface area contributed by atoms with E-state index in [0.717, 1.165) is 19.4 Å². The van der Waals surface area contributed by atoms with Crippen LogP contribution in [0.15, 0.2) is 41.2 Å². The minimum Gasteiger partial charge on any atom is -0.346 e. The Hall–Kier alpha value is -2.21. The summed E-state index contributed by atoms with van der Waals surface area (Å²) < 4.78 is 0. The van der Waals surface area contributed by atoms with Crippen molar-refractivity contribution in [3.8, 4) is 0 Å². The van der Waals surface area contributed by atoms with Gasteiger partial charge in [-0.25, -0.2) is 4.98 Å². The summed E-state index contributed by atoms with van der Waals surface area (Å²) in [5.41, 5.74) is 3.34. The topological polar surface area (TPSA) is 62.3 Å². The highest BCUT2D eigenvalue weighted by molar-refractivity contribution is 7.07. The molecule has 0 saturated carbocycles. The lowest BCUT2D eigenvalue weighted by Crippen LogP contribution is -2.37. The lowest BCUT2D eigenvalue weighted by molar-refractivity contribution is -0.127. The van der Waals surface area contributed by atoms with Crippen LogP contribution < -0.4 is 5.32 Å². The van der Waals surface area contributed by atoms with Gasteiger partial charge >= 0.3 is 0 Å². The van der Waals surface area contributed by atoms with Crippen molar-refractivity contribution in [2.24, 2.45) is 0 Å².